The van der Waals surface area contributed by atoms with Gasteiger partial charge in [-0.25, -0.2) is 9.38 Å². The number of anilines is 1. The maximum absolute atomic E-state index is 15.1. The summed E-state index contributed by atoms with van der Waals surface area (Å²) in [6, 6.07) is 11.7. The van der Waals surface area contributed by atoms with Gasteiger partial charge in [-0.2, -0.15) is 13.2 Å². The van der Waals surface area contributed by atoms with Crippen LogP contribution < -0.4 is 16.4 Å². The number of aliphatic imine (C=N–C) groups is 1. The molecule has 1 aliphatic carbocycles. The lowest BCUT2D eigenvalue weighted by Crippen LogP contribution is -2.48. The van der Waals surface area contributed by atoms with Gasteiger partial charge in [0.2, 0.25) is 18.0 Å². The van der Waals surface area contributed by atoms with Crippen molar-refractivity contribution in [2.24, 2.45) is 28.5 Å². The zero-order chi connectivity index (χ0) is 27.6. The summed E-state index contributed by atoms with van der Waals surface area (Å²) < 4.78 is 54.3. The number of benzodiazepines with no additional fused rings is 1. The molecule has 4 N–H and O–H groups in total. The van der Waals surface area contributed by atoms with Crippen LogP contribution in [0.1, 0.15) is 48.8 Å². The van der Waals surface area contributed by atoms with Gasteiger partial charge in [-0.05, 0) is 31.2 Å². The molecule has 4 rings (SSSR count). The molecule has 0 bridgehead atoms. The second kappa shape index (κ2) is 10.9. The molecular formula is C27H28F4N4O3. The maximum Gasteiger partial charge on any atom is 0.389 e. The number of rotatable bonds is 9. The van der Waals surface area contributed by atoms with E-state index in [-0.39, 0.29) is 34.9 Å². The van der Waals surface area contributed by atoms with Crippen LogP contribution in [0.3, 0.4) is 0 Å². The number of nitrogens with zero attached hydrogens (tertiary/aromatic N) is 1. The molecule has 1 fully saturated rings. The Kier molecular flexibility index (Phi) is 7.84. The van der Waals surface area contributed by atoms with Crippen LogP contribution >= 0.6 is 0 Å². The summed E-state index contributed by atoms with van der Waals surface area (Å²) in [5.41, 5.74) is 6.69. The molecule has 1 saturated carbocycles. The summed E-state index contributed by atoms with van der Waals surface area (Å²) in [6.45, 7) is 1.53. The molecular weight excluding hydrogens is 504 g/mol. The summed E-state index contributed by atoms with van der Waals surface area (Å²) in [5, 5.41) is 4.87. The Labute approximate surface area is 216 Å². The van der Waals surface area contributed by atoms with Crippen molar-refractivity contribution in [3.8, 4) is 0 Å². The standard InChI is InChI=1S/C27H28F4N4O3/c1-14-7-10-18-21(16-5-3-2-4-6-16)33-24(26(38)34-22(18)20(14)28)35-25(37)17(11-12-27(29,30)31)19(23(32)36)13-15-8-9-15/h2-7,10,15,17,19,24H,8-9,11-13H2,1H3,(H2,32,36)(H,34,38)(H,35,37)/t17-,19+,24-/m1/s1. The van der Waals surface area contributed by atoms with Gasteiger partial charge in [0.1, 0.15) is 5.82 Å². The molecule has 0 unspecified atom stereocenters. The van der Waals surface area contributed by atoms with E-state index < -0.39 is 60.6 Å². The minimum absolute atomic E-state index is 0.110. The van der Waals surface area contributed by atoms with Crippen molar-refractivity contribution in [2.45, 2.75) is 51.4 Å². The monoisotopic (exact) mass is 532 g/mol. The van der Waals surface area contributed by atoms with E-state index in [4.69, 9.17) is 5.73 Å². The third-order valence-corrected chi connectivity index (χ3v) is 6.88. The summed E-state index contributed by atoms with van der Waals surface area (Å²) in [5.74, 6) is -5.80. The van der Waals surface area contributed by atoms with Crippen molar-refractivity contribution >= 4 is 29.1 Å². The van der Waals surface area contributed by atoms with E-state index in [1.807, 2.05) is 0 Å². The Bertz CT molecular complexity index is 1260. The van der Waals surface area contributed by atoms with E-state index in [0.29, 0.717) is 5.56 Å². The van der Waals surface area contributed by atoms with Crippen molar-refractivity contribution < 1.29 is 31.9 Å². The Morgan fingerprint density at radius 2 is 1.82 bits per heavy atom. The first kappa shape index (κ1) is 27.3. The van der Waals surface area contributed by atoms with Crippen LogP contribution in [0.2, 0.25) is 0 Å². The topological polar surface area (TPSA) is 114 Å². The molecule has 0 saturated heterocycles. The number of carbonyl (C=O) groups is 3. The number of nitrogens with two attached hydrogens (primary N) is 1. The molecule has 2 aromatic carbocycles. The molecule has 1 heterocycles. The number of halogens is 4. The van der Waals surface area contributed by atoms with Gasteiger partial charge in [0.25, 0.3) is 5.91 Å². The number of amides is 3. The Balaban J connectivity index is 1.69. The molecule has 202 valence electrons. The number of nitrogens with one attached hydrogen (secondary N) is 2. The molecule has 0 aromatic heterocycles. The predicted molar refractivity (Wildman–Crippen MR) is 133 cm³/mol. The SMILES string of the molecule is Cc1ccc2c(c1F)NC(=O)[C@@H](NC(=O)[C@H](CCC(F)(F)F)[C@H](CC1CC1)C(N)=O)N=C2c1ccccc1. The van der Waals surface area contributed by atoms with Gasteiger partial charge in [0.05, 0.1) is 11.4 Å². The Morgan fingerprint density at radius 3 is 2.42 bits per heavy atom. The summed E-state index contributed by atoms with van der Waals surface area (Å²) >= 11 is 0. The molecule has 3 amide bonds. The number of fused-ring (bicyclic) bond motifs is 1. The highest BCUT2D eigenvalue weighted by atomic mass is 19.4. The zero-order valence-electron chi connectivity index (χ0n) is 20.6. The zero-order valence-corrected chi connectivity index (χ0v) is 20.6. The second-order valence-electron chi connectivity index (χ2n) is 9.81. The van der Waals surface area contributed by atoms with Crippen LogP contribution in [-0.4, -0.2) is 35.8 Å². The fraction of sp³-hybridized carbons (Fsp3) is 0.407. The van der Waals surface area contributed by atoms with E-state index in [9.17, 15) is 27.6 Å². The molecule has 38 heavy (non-hydrogen) atoms. The van der Waals surface area contributed by atoms with Crippen molar-refractivity contribution in [2.75, 3.05) is 5.32 Å². The normalized spacial score (nSPS) is 18.9. The van der Waals surface area contributed by atoms with Crippen LogP contribution in [0.5, 0.6) is 0 Å². The highest BCUT2D eigenvalue weighted by Gasteiger charge is 2.41. The van der Waals surface area contributed by atoms with Crippen LogP contribution in [0.25, 0.3) is 0 Å². The van der Waals surface area contributed by atoms with Gasteiger partial charge < -0.3 is 16.4 Å². The van der Waals surface area contributed by atoms with Gasteiger partial charge in [-0.3, -0.25) is 14.4 Å². The maximum atomic E-state index is 15.1. The Morgan fingerprint density at radius 1 is 1.13 bits per heavy atom. The molecule has 0 spiro atoms. The summed E-state index contributed by atoms with van der Waals surface area (Å²) in [4.78, 5) is 43.1. The highest BCUT2D eigenvalue weighted by molar-refractivity contribution is 6.20. The first-order valence-electron chi connectivity index (χ1n) is 12.3. The number of hydrogen-bond acceptors (Lipinski definition) is 4. The third kappa shape index (κ3) is 6.38. The van der Waals surface area contributed by atoms with Crippen molar-refractivity contribution in [3.63, 3.8) is 0 Å². The smallest absolute Gasteiger partial charge is 0.369 e. The van der Waals surface area contributed by atoms with Gasteiger partial charge in [0.15, 0.2) is 0 Å². The van der Waals surface area contributed by atoms with Crippen LogP contribution in [0.4, 0.5) is 23.2 Å². The van der Waals surface area contributed by atoms with Crippen LogP contribution in [0, 0.1) is 30.5 Å². The van der Waals surface area contributed by atoms with Crippen LogP contribution in [0.15, 0.2) is 47.5 Å². The molecule has 2 aromatic rings. The average molecular weight is 533 g/mol. The van der Waals surface area contributed by atoms with Crippen molar-refractivity contribution in [1.82, 2.24) is 5.32 Å². The number of alkyl halides is 3. The lowest BCUT2D eigenvalue weighted by molar-refractivity contribution is -0.146. The lowest BCUT2D eigenvalue weighted by atomic mass is 9.83. The average Bonchev–Trinajstić information content (AvgIpc) is 3.69. The quantitative estimate of drug-likeness (QED) is 0.420. The van der Waals surface area contributed by atoms with Gasteiger partial charge in [-0.15, -0.1) is 0 Å². The number of carbonyl (C=O) groups excluding carboxylic acids is 3. The van der Waals surface area contributed by atoms with Crippen LogP contribution in [-0.2, 0) is 14.4 Å². The number of aryl methyl sites for hydroxylation is 1. The van der Waals surface area contributed by atoms with Crippen molar-refractivity contribution in [1.29, 1.82) is 0 Å². The largest absolute Gasteiger partial charge is 0.389 e. The predicted octanol–water partition coefficient (Wildman–Crippen LogP) is 4.23. The summed E-state index contributed by atoms with van der Waals surface area (Å²) in [7, 11) is 0. The second-order valence-corrected chi connectivity index (χ2v) is 9.81. The van der Waals surface area contributed by atoms with E-state index in [0.717, 1.165) is 12.8 Å². The molecule has 3 atom stereocenters. The fourth-order valence-corrected chi connectivity index (χ4v) is 4.64. The van der Waals surface area contributed by atoms with E-state index in [1.165, 1.54) is 13.0 Å². The summed E-state index contributed by atoms with van der Waals surface area (Å²) in [6.07, 6.45) is -6.33. The highest BCUT2D eigenvalue weighted by Crippen LogP contribution is 2.39. The minimum Gasteiger partial charge on any atom is -0.369 e. The number of primary amides is 1. The van der Waals surface area contributed by atoms with E-state index in [2.05, 4.69) is 15.6 Å². The molecule has 7 nitrogen and oxygen atoms in total. The number of benzene rings is 2. The van der Waals surface area contributed by atoms with Gasteiger partial charge in [0, 0.05) is 29.4 Å². The van der Waals surface area contributed by atoms with E-state index >= 15 is 4.39 Å². The fourth-order valence-electron chi connectivity index (χ4n) is 4.64. The number of hydrogen-bond donors (Lipinski definition) is 3. The lowest BCUT2D eigenvalue weighted by Gasteiger charge is -2.26. The van der Waals surface area contributed by atoms with Gasteiger partial charge in [-0.1, -0.05) is 55.3 Å². The molecule has 2 aliphatic rings. The molecule has 11 heteroatoms. The molecule has 0 radical (unpaired) electrons. The van der Waals surface area contributed by atoms with E-state index in [1.54, 1.807) is 36.4 Å². The van der Waals surface area contributed by atoms with Gasteiger partial charge >= 0.3 is 6.18 Å². The van der Waals surface area contributed by atoms with Crippen molar-refractivity contribution in [3.05, 3.63) is 65.0 Å². The Hall–Kier alpha value is -3.76. The first-order valence-corrected chi connectivity index (χ1v) is 12.3. The minimum atomic E-state index is -4.56. The first-order chi connectivity index (χ1) is 17.9. The molecule has 1 aliphatic heterocycles. The third-order valence-electron chi connectivity index (χ3n) is 6.88.